The average Bonchev–Trinajstić information content (AvgIpc) is 2.60. The van der Waals surface area contributed by atoms with Crippen LogP contribution < -0.4 is 9.44 Å². The van der Waals surface area contributed by atoms with Crippen molar-refractivity contribution in [2.24, 2.45) is 0 Å². The highest BCUT2D eigenvalue weighted by atomic mass is 32.2. The van der Waals surface area contributed by atoms with E-state index >= 15 is 0 Å². The largest absolute Gasteiger partial charge is 0.465 e. The van der Waals surface area contributed by atoms with E-state index in [2.05, 4.69) is 14.2 Å². The van der Waals surface area contributed by atoms with Gasteiger partial charge < -0.3 is 4.74 Å². The lowest BCUT2D eigenvalue weighted by Gasteiger charge is -2.12. The van der Waals surface area contributed by atoms with E-state index in [0.29, 0.717) is 0 Å². The maximum absolute atomic E-state index is 14.0. The molecule has 0 aromatic heterocycles. The molecule has 2 aromatic carbocycles. The molecule has 11 heteroatoms. The van der Waals surface area contributed by atoms with Crippen molar-refractivity contribution in [2.75, 3.05) is 11.8 Å². The molecule has 0 aliphatic rings. The van der Waals surface area contributed by atoms with E-state index < -0.39 is 36.7 Å². The smallest absolute Gasteiger partial charge is 0.337 e. The predicted octanol–water partition coefficient (Wildman–Crippen LogP) is 2.10. The van der Waals surface area contributed by atoms with Gasteiger partial charge in [-0.3, -0.25) is 4.72 Å². The fourth-order valence-corrected chi connectivity index (χ4v) is 4.66. The Balaban J connectivity index is 2.31. The van der Waals surface area contributed by atoms with Gasteiger partial charge in [-0.05, 0) is 56.3 Å². The van der Waals surface area contributed by atoms with Crippen molar-refractivity contribution in [1.82, 2.24) is 4.72 Å². The zero-order valence-corrected chi connectivity index (χ0v) is 16.9. The highest BCUT2D eigenvalue weighted by Gasteiger charge is 2.22. The van der Waals surface area contributed by atoms with Gasteiger partial charge in [0.05, 0.1) is 17.6 Å². The third-order valence-electron chi connectivity index (χ3n) is 3.45. The minimum absolute atomic E-state index is 0.0198. The molecule has 2 N–H and O–H groups in total. The van der Waals surface area contributed by atoms with Crippen LogP contribution in [-0.2, 0) is 24.8 Å². The summed E-state index contributed by atoms with van der Waals surface area (Å²) in [5, 5.41) is 0. The quantitative estimate of drug-likeness (QED) is 0.650. The Bertz CT molecular complexity index is 1080. The third-order valence-corrected chi connectivity index (χ3v) is 6.52. The Kier molecular flexibility index (Phi) is 6.42. The van der Waals surface area contributed by atoms with Crippen molar-refractivity contribution in [3.63, 3.8) is 0 Å². The molecule has 0 radical (unpaired) electrons. The summed E-state index contributed by atoms with van der Waals surface area (Å²) in [7, 11) is -7.00. The van der Waals surface area contributed by atoms with Gasteiger partial charge in [-0.2, -0.15) is 0 Å². The minimum atomic E-state index is -4.37. The SMILES string of the molecule is COC(=O)c1ccc(F)c(S(=O)(=O)Nc2ccc(S(=O)(=O)NC(C)C)cc2)c1. The van der Waals surface area contributed by atoms with Gasteiger partial charge in [-0.25, -0.2) is 30.7 Å². The molecule has 0 saturated heterocycles. The number of sulfonamides is 2. The van der Waals surface area contributed by atoms with Gasteiger partial charge in [0, 0.05) is 11.7 Å². The highest BCUT2D eigenvalue weighted by Crippen LogP contribution is 2.22. The Hall–Kier alpha value is -2.50. The molecule has 0 spiro atoms. The summed E-state index contributed by atoms with van der Waals surface area (Å²) in [5.41, 5.74) is -0.114. The fraction of sp³-hybridized carbons (Fsp3) is 0.235. The van der Waals surface area contributed by atoms with Crippen LogP contribution in [0.3, 0.4) is 0 Å². The number of nitrogens with one attached hydrogen (secondary N) is 2. The van der Waals surface area contributed by atoms with Crippen LogP contribution >= 0.6 is 0 Å². The second-order valence-electron chi connectivity index (χ2n) is 6.04. The lowest BCUT2D eigenvalue weighted by atomic mass is 10.2. The van der Waals surface area contributed by atoms with Crippen LogP contribution in [0.1, 0.15) is 24.2 Å². The number of ether oxygens (including phenoxy) is 1. The van der Waals surface area contributed by atoms with Gasteiger partial charge in [0.25, 0.3) is 10.0 Å². The monoisotopic (exact) mass is 430 g/mol. The van der Waals surface area contributed by atoms with Crippen LogP contribution in [0, 0.1) is 5.82 Å². The lowest BCUT2D eigenvalue weighted by molar-refractivity contribution is 0.0600. The second-order valence-corrected chi connectivity index (χ2v) is 9.41. The molecule has 28 heavy (non-hydrogen) atoms. The maximum atomic E-state index is 14.0. The molecule has 0 heterocycles. The molecule has 8 nitrogen and oxygen atoms in total. The molecule has 0 unspecified atom stereocenters. The van der Waals surface area contributed by atoms with Crippen LogP contribution in [0.5, 0.6) is 0 Å². The highest BCUT2D eigenvalue weighted by molar-refractivity contribution is 7.92. The standard InChI is InChI=1S/C17H19FN2O6S2/c1-11(2)19-27(22,23)14-7-5-13(6-8-14)20-28(24,25)16-10-12(17(21)26-3)4-9-15(16)18/h4-11,19-20H,1-3H3. The number of methoxy groups -OCH3 is 1. The molecule has 2 aromatic rings. The summed E-state index contributed by atoms with van der Waals surface area (Å²) in [6.07, 6.45) is 0. The summed E-state index contributed by atoms with van der Waals surface area (Å²) in [6, 6.07) is 7.37. The average molecular weight is 430 g/mol. The zero-order valence-electron chi connectivity index (χ0n) is 15.3. The van der Waals surface area contributed by atoms with Crippen LogP contribution in [0.2, 0.25) is 0 Å². The van der Waals surface area contributed by atoms with E-state index in [0.717, 1.165) is 25.3 Å². The van der Waals surface area contributed by atoms with Crippen molar-refractivity contribution < 1.29 is 30.8 Å². The number of rotatable bonds is 7. The Morgan fingerprint density at radius 1 is 1.00 bits per heavy atom. The number of carbonyl (C=O) groups excluding carboxylic acids is 1. The van der Waals surface area contributed by atoms with E-state index in [1.807, 2.05) is 0 Å². The van der Waals surface area contributed by atoms with Crippen LogP contribution in [0.4, 0.5) is 10.1 Å². The zero-order chi connectivity index (χ0) is 21.1. The summed E-state index contributed by atoms with van der Waals surface area (Å²) >= 11 is 0. The van der Waals surface area contributed by atoms with Gasteiger partial charge in [-0.1, -0.05) is 0 Å². The normalized spacial score (nSPS) is 12.0. The first-order valence-corrected chi connectivity index (χ1v) is 11.0. The van der Waals surface area contributed by atoms with Gasteiger partial charge in [0.1, 0.15) is 10.7 Å². The van der Waals surface area contributed by atoms with Crippen molar-refractivity contribution >= 4 is 31.7 Å². The van der Waals surface area contributed by atoms with E-state index in [4.69, 9.17) is 0 Å². The lowest BCUT2D eigenvalue weighted by Crippen LogP contribution is -2.30. The van der Waals surface area contributed by atoms with E-state index in [1.54, 1.807) is 13.8 Å². The number of esters is 1. The summed E-state index contributed by atoms with van der Waals surface area (Å²) < 4.78 is 72.2. The Morgan fingerprint density at radius 3 is 2.14 bits per heavy atom. The first kappa shape index (κ1) is 21.8. The maximum Gasteiger partial charge on any atom is 0.337 e. The van der Waals surface area contributed by atoms with Crippen molar-refractivity contribution in [1.29, 1.82) is 0 Å². The van der Waals surface area contributed by atoms with Crippen LogP contribution in [0.15, 0.2) is 52.3 Å². The Morgan fingerprint density at radius 2 is 1.61 bits per heavy atom. The molecule has 0 fully saturated rings. The molecule has 0 aliphatic carbocycles. The molecule has 0 aliphatic heterocycles. The van der Waals surface area contributed by atoms with Crippen LogP contribution in [0.25, 0.3) is 0 Å². The molecule has 0 amide bonds. The molecular weight excluding hydrogens is 411 g/mol. The van der Waals surface area contributed by atoms with Crippen molar-refractivity contribution in [3.8, 4) is 0 Å². The summed E-state index contributed by atoms with van der Waals surface area (Å²) in [5.74, 6) is -1.87. The van der Waals surface area contributed by atoms with Gasteiger partial charge >= 0.3 is 5.97 Å². The fourth-order valence-electron chi connectivity index (χ4n) is 2.24. The summed E-state index contributed by atoms with van der Waals surface area (Å²) in [4.78, 5) is 10.8. The molecule has 152 valence electrons. The number of anilines is 1. The molecule has 2 rings (SSSR count). The number of hydrogen-bond acceptors (Lipinski definition) is 6. The van der Waals surface area contributed by atoms with Gasteiger partial charge in [0.15, 0.2) is 0 Å². The molecule has 0 atom stereocenters. The Labute approximate surface area is 162 Å². The minimum Gasteiger partial charge on any atom is -0.465 e. The molecule has 0 saturated carbocycles. The number of carbonyl (C=O) groups is 1. The third kappa shape index (κ3) is 5.06. The van der Waals surface area contributed by atoms with E-state index in [9.17, 15) is 26.0 Å². The second kappa shape index (κ2) is 8.25. The summed E-state index contributed by atoms with van der Waals surface area (Å²) in [6.45, 7) is 3.33. The van der Waals surface area contributed by atoms with Gasteiger partial charge in [0.2, 0.25) is 10.0 Å². The molecule has 0 bridgehead atoms. The number of hydrogen-bond donors (Lipinski definition) is 2. The predicted molar refractivity (Wildman–Crippen MR) is 100 cm³/mol. The molecular formula is C17H19FN2O6S2. The number of benzene rings is 2. The van der Waals surface area contributed by atoms with E-state index in [-0.39, 0.29) is 22.2 Å². The first-order valence-electron chi connectivity index (χ1n) is 7.99. The van der Waals surface area contributed by atoms with Crippen molar-refractivity contribution in [3.05, 3.63) is 53.8 Å². The van der Waals surface area contributed by atoms with Gasteiger partial charge in [-0.15, -0.1) is 0 Å². The first-order chi connectivity index (χ1) is 13.0. The van der Waals surface area contributed by atoms with Crippen LogP contribution in [-0.4, -0.2) is 36.0 Å². The van der Waals surface area contributed by atoms with Crippen molar-refractivity contribution in [2.45, 2.75) is 29.7 Å². The topological polar surface area (TPSA) is 119 Å². The number of halogens is 1. The van der Waals surface area contributed by atoms with E-state index in [1.165, 1.54) is 24.3 Å².